The molecule has 0 unspecified atom stereocenters. The van der Waals surface area contributed by atoms with Crippen molar-refractivity contribution in [3.05, 3.63) is 26.6 Å². The van der Waals surface area contributed by atoms with Crippen molar-refractivity contribution in [1.29, 1.82) is 0 Å². The van der Waals surface area contributed by atoms with Crippen LogP contribution in [0.4, 0.5) is 0 Å². The van der Waals surface area contributed by atoms with Crippen molar-refractivity contribution in [1.82, 2.24) is 0 Å². The highest BCUT2D eigenvalue weighted by Crippen LogP contribution is 2.32. The normalized spacial score (nSPS) is 10.0. The molecular formula is C8H7Br3O. The molecule has 1 aromatic rings. The first kappa shape index (κ1) is 10.5. The first-order chi connectivity index (χ1) is 5.69. The van der Waals surface area contributed by atoms with Crippen molar-refractivity contribution < 1.29 is 4.74 Å². The van der Waals surface area contributed by atoms with E-state index in [1.54, 1.807) is 7.11 Å². The van der Waals surface area contributed by atoms with Crippen molar-refractivity contribution in [2.75, 3.05) is 7.11 Å². The molecule has 0 fully saturated rings. The molecule has 0 spiro atoms. The number of halogens is 3. The van der Waals surface area contributed by atoms with E-state index < -0.39 is 0 Å². The molecule has 0 N–H and O–H groups in total. The molecule has 0 bridgehead atoms. The Bertz CT molecular complexity index is 257. The SMILES string of the molecule is COc1cc(Br)c(Br)cc1CBr. The standard InChI is InChI=1S/C8H7Br3O/c1-12-8-3-7(11)6(10)2-5(8)4-9/h2-3H,4H2,1H3. The van der Waals surface area contributed by atoms with Crippen LogP contribution in [0.2, 0.25) is 0 Å². The van der Waals surface area contributed by atoms with Gasteiger partial charge in [-0.2, -0.15) is 0 Å². The van der Waals surface area contributed by atoms with E-state index in [4.69, 9.17) is 4.74 Å². The second-order valence-electron chi connectivity index (χ2n) is 2.21. The Hall–Kier alpha value is 0.460. The van der Waals surface area contributed by atoms with Gasteiger partial charge >= 0.3 is 0 Å². The summed E-state index contributed by atoms with van der Waals surface area (Å²) in [5.74, 6) is 0.891. The number of hydrogen-bond acceptors (Lipinski definition) is 1. The molecule has 4 heteroatoms. The van der Waals surface area contributed by atoms with E-state index in [1.807, 2.05) is 12.1 Å². The number of rotatable bonds is 2. The molecule has 0 aromatic heterocycles. The molecule has 0 amide bonds. The third kappa shape index (κ3) is 2.24. The third-order valence-corrected chi connectivity index (χ3v) is 3.92. The lowest BCUT2D eigenvalue weighted by Crippen LogP contribution is -1.89. The topological polar surface area (TPSA) is 9.23 Å². The van der Waals surface area contributed by atoms with E-state index in [9.17, 15) is 0 Å². The minimum absolute atomic E-state index is 0.794. The van der Waals surface area contributed by atoms with Gasteiger partial charge in [-0.3, -0.25) is 0 Å². The van der Waals surface area contributed by atoms with Gasteiger partial charge in [0.15, 0.2) is 0 Å². The zero-order valence-corrected chi connectivity index (χ0v) is 11.2. The maximum Gasteiger partial charge on any atom is 0.124 e. The van der Waals surface area contributed by atoms with E-state index in [1.165, 1.54) is 0 Å². The first-order valence-corrected chi connectivity index (χ1v) is 5.97. The summed E-state index contributed by atoms with van der Waals surface area (Å²) < 4.78 is 7.23. The minimum atomic E-state index is 0.794. The fourth-order valence-corrected chi connectivity index (χ4v) is 2.02. The Kier molecular flexibility index (Phi) is 4.06. The third-order valence-electron chi connectivity index (χ3n) is 1.47. The van der Waals surface area contributed by atoms with Crippen molar-refractivity contribution in [2.24, 2.45) is 0 Å². The predicted octanol–water partition coefficient (Wildman–Crippen LogP) is 4.12. The molecule has 1 rings (SSSR count). The van der Waals surface area contributed by atoms with Crippen LogP contribution < -0.4 is 4.74 Å². The van der Waals surface area contributed by atoms with Crippen LogP contribution in [0.15, 0.2) is 21.1 Å². The summed E-state index contributed by atoms with van der Waals surface area (Å²) in [6.45, 7) is 0. The first-order valence-electron chi connectivity index (χ1n) is 3.27. The lowest BCUT2D eigenvalue weighted by molar-refractivity contribution is 0.411. The van der Waals surface area contributed by atoms with E-state index in [0.717, 1.165) is 25.6 Å². The molecule has 0 aliphatic rings. The number of alkyl halides is 1. The molecule has 0 aliphatic heterocycles. The quantitative estimate of drug-likeness (QED) is 0.723. The number of hydrogen-bond donors (Lipinski definition) is 0. The van der Waals surface area contributed by atoms with Gasteiger partial charge in [0.1, 0.15) is 5.75 Å². The summed E-state index contributed by atoms with van der Waals surface area (Å²) in [5.41, 5.74) is 1.13. The molecule has 1 nitrogen and oxygen atoms in total. The molecule has 0 radical (unpaired) electrons. The molecule has 0 atom stereocenters. The Morgan fingerprint density at radius 3 is 2.33 bits per heavy atom. The molecule has 0 aliphatic carbocycles. The average Bonchev–Trinajstić information content (AvgIpc) is 2.09. The fraction of sp³-hybridized carbons (Fsp3) is 0.250. The van der Waals surface area contributed by atoms with Gasteiger partial charge in [0.2, 0.25) is 0 Å². The largest absolute Gasteiger partial charge is 0.496 e. The van der Waals surface area contributed by atoms with Gasteiger partial charge in [-0.1, -0.05) is 15.9 Å². The molecule has 0 heterocycles. The lowest BCUT2D eigenvalue weighted by Gasteiger charge is -2.07. The highest BCUT2D eigenvalue weighted by atomic mass is 79.9. The number of benzene rings is 1. The van der Waals surface area contributed by atoms with Gasteiger partial charge in [0.05, 0.1) is 7.11 Å². The Morgan fingerprint density at radius 2 is 1.83 bits per heavy atom. The Morgan fingerprint density at radius 1 is 1.25 bits per heavy atom. The van der Waals surface area contributed by atoms with Crippen molar-refractivity contribution in [3.8, 4) is 5.75 Å². The highest BCUT2D eigenvalue weighted by Gasteiger charge is 2.05. The molecule has 0 saturated carbocycles. The van der Waals surface area contributed by atoms with E-state index >= 15 is 0 Å². The minimum Gasteiger partial charge on any atom is -0.496 e. The average molecular weight is 359 g/mol. The second-order valence-corrected chi connectivity index (χ2v) is 4.48. The van der Waals surface area contributed by atoms with Gasteiger partial charge in [-0.25, -0.2) is 0 Å². The van der Waals surface area contributed by atoms with Gasteiger partial charge in [-0.05, 0) is 44.0 Å². The van der Waals surface area contributed by atoms with Gasteiger partial charge in [-0.15, -0.1) is 0 Å². The van der Waals surface area contributed by atoms with Crippen LogP contribution in [0, 0.1) is 0 Å². The number of ether oxygens (including phenoxy) is 1. The van der Waals surface area contributed by atoms with Gasteiger partial charge in [0.25, 0.3) is 0 Å². The summed E-state index contributed by atoms with van der Waals surface area (Å²) >= 11 is 10.2. The van der Waals surface area contributed by atoms with Crippen molar-refractivity contribution in [3.63, 3.8) is 0 Å². The van der Waals surface area contributed by atoms with Crippen LogP contribution >= 0.6 is 47.8 Å². The summed E-state index contributed by atoms with van der Waals surface area (Å²) in [6, 6.07) is 3.97. The smallest absolute Gasteiger partial charge is 0.124 e. The van der Waals surface area contributed by atoms with Crippen LogP contribution in [-0.4, -0.2) is 7.11 Å². The van der Waals surface area contributed by atoms with E-state index in [-0.39, 0.29) is 0 Å². The molecule has 66 valence electrons. The number of methoxy groups -OCH3 is 1. The fourth-order valence-electron chi connectivity index (χ4n) is 0.864. The zero-order valence-electron chi connectivity index (χ0n) is 6.40. The van der Waals surface area contributed by atoms with Crippen LogP contribution in [0.25, 0.3) is 0 Å². The molecular weight excluding hydrogens is 352 g/mol. The van der Waals surface area contributed by atoms with Crippen LogP contribution in [0.1, 0.15) is 5.56 Å². The molecule has 0 saturated heterocycles. The maximum absolute atomic E-state index is 5.19. The second kappa shape index (κ2) is 4.63. The summed E-state index contributed by atoms with van der Waals surface area (Å²) in [5, 5.41) is 0.794. The van der Waals surface area contributed by atoms with Gasteiger partial charge in [0, 0.05) is 19.8 Å². The van der Waals surface area contributed by atoms with Crippen molar-refractivity contribution >= 4 is 47.8 Å². The van der Waals surface area contributed by atoms with Crippen LogP contribution in [-0.2, 0) is 5.33 Å². The maximum atomic E-state index is 5.19. The predicted molar refractivity (Wildman–Crippen MR) is 61.0 cm³/mol. The highest BCUT2D eigenvalue weighted by molar-refractivity contribution is 9.13. The van der Waals surface area contributed by atoms with Crippen molar-refractivity contribution in [2.45, 2.75) is 5.33 Å². The van der Waals surface area contributed by atoms with Gasteiger partial charge < -0.3 is 4.74 Å². The lowest BCUT2D eigenvalue weighted by atomic mass is 10.2. The Balaban J connectivity index is 3.19. The molecule has 1 aromatic carbocycles. The van der Waals surface area contributed by atoms with E-state index in [0.29, 0.717) is 0 Å². The molecule has 12 heavy (non-hydrogen) atoms. The summed E-state index contributed by atoms with van der Waals surface area (Å²) in [7, 11) is 1.67. The van der Waals surface area contributed by atoms with Crippen LogP contribution in [0.5, 0.6) is 5.75 Å². The zero-order chi connectivity index (χ0) is 9.14. The van der Waals surface area contributed by atoms with E-state index in [2.05, 4.69) is 47.8 Å². The summed E-state index contributed by atoms with van der Waals surface area (Å²) in [4.78, 5) is 0. The van der Waals surface area contributed by atoms with Crippen LogP contribution in [0.3, 0.4) is 0 Å². The monoisotopic (exact) mass is 356 g/mol. The summed E-state index contributed by atoms with van der Waals surface area (Å²) in [6.07, 6.45) is 0. The Labute approximate surface area is 96.9 Å².